The Hall–Kier alpha value is -3.36. The standard InChI is InChI=1S/C23H23N3O2/c1-16(22(24)27)26-15-25-20(18-7-5-4-6-8-18)21(26)19-11-9-17(10-12-19)13-14-23(2,3)28/h4-12,15-16,28H,1-3H3,(H2,24,27)/t16-/m1/s1. The lowest BCUT2D eigenvalue weighted by atomic mass is 10.0. The number of hydrogen-bond donors (Lipinski definition) is 2. The summed E-state index contributed by atoms with van der Waals surface area (Å²) >= 11 is 0. The molecule has 1 heterocycles. The van der Waals surface area contributed by atoms with Crippen LogP contribution >= 0.6 is 0 Å². The zero-order chi connectivity index (χ0) is 20.3. The summed E-state index contributed by atoms with van der Waals surface area (Å²) in [5, 5.41) is 9.77. The van der Waals surface area contributed by atoms with Gasteiger partial charge in [0.15, 0.2) is 0 Å². The van der Waals surface area contributed by atoms with Crippen LogP contribution in [-0.2, 0) is 4.79 Å². The third kappa shape index (κ3) is 4.30. The van der Waals surface area contributed by atoms with Gasteiger partial charge < -0.3 is 15.4 Å². The first kappa shape index (κ1) is 19.4. The van der Waals surface area contributed by atoms with Gasteiger partial charge in [0.2, 0.25) is 5.91 Å². The smallest absolute Gasteiger partial charge is 0.240 e. The van der Waals surface area contributed by atoms with Crippen LogP contribution < -0.4 is 5.73 Å². The van der Waals surface area contributed by atoms with E-state index < -0.39 is 17.6 Å². The second-order valence-corrected chi connectivity index (χ2v) is 7.18. The fourth-order valence-corrected chi connectivity index (χ4v) is 2.82. The molecule has 1 amide bonds. The zero-order valence-electron chi connectivity index (χ0n) is 16.2. The number of primary amides is 1. The van der Waals surface area contributed by atoms with Gasteiger partial charge in [-0.3, -0.25) is 4.79 Å². The van der Waals surface area contributed by atoms with Crippen molar-refractivity contribution in [3.8, 4) is 34.4 Å². The SMILES string of the molecule is C[C@H](C(N)=O)n1cnc(-c2ccccc2)c1-c1ccc(C#CC(C)(C)O)cc1. The normalized spacial score (nSPS) is 12.1. The summed E-state index contributed by atoms with van der Waals surface area (Å²) in [4.78, 5) is 16.3. The minimum absolute atomic E-state index is 0.425. The molecular formula is C23H23N3O2. The molecule has 142 valence electrons. The fraction of sp³-hybridized carbons (Fsp3) is 0.217. The molecule has 3 rings (SSSR count). The van der Waals surface area contributed by atoms with Crippen LogP contribution in [0.25, 0.3) is 22.5 Å². The molecule has 5 nitrogen and oxygen atoms in total. The Balaban J connectivity index is 2.10. The van der Waals surface area contributed by atoms with Crippen molar-refractivity contribution in [2.24, 2.45) is 5.73 Å². The third-order valence-corrected chi connectivity index (χ3v) is 4.34. The molecule has 0 fully saturated rings. The van der Waals surface area contributed by atoms with Crippen LogP contribution in [0, 0.1) is 11.8 Å². The molecule has 28 heavy (non-hydrogen) atoms. The number of aromatic nitrogens is 2. The number of hydrogen-bond acceptors (Lipinski definition) is 3. The molecule has 0 aliphatic rings. The largest absolute Gasteiger partial charge is 0.378 e. The van der Waals surface area contributed by atoms with Gasteiger partial charge in [0.05, 0.1) is 17.7 Å². The first-order valence-electron chi connectivity index (χ1n) is 9.04. The summed E-state index contributed by atoms with van der Waals surface area (Å²) in [7, 11) is 0. The molecule has 5 heteroatoms. The predicted octanol–water partition coefficient (Wildman–Crippen LogP) is 3.39. The van der Waals surface area contributed by atoms with Gasteiger partial charge in [-0.05, 0) is 32.9 Å². The van der Waals surface area contributed by atoms with E-state index in [2.05, 4.69) is 16.8 Å². The quantitative estimate of drug-likeness (QED) is 0.688. The maximum Gasteiger partial charge on any atom is 0.240 e. The molecular weight excluding hydrogens is 350 g/mol. The third-order valence-electron chi connectivity index (χ3n) is 4.34. The van der Waals surface area contributed by atoms with Gasteiger partial charge in [-0.25, -0.2) is 4.98 Å². The highest BCUT2D eigenvalue weighted by atomic mass is 16.3. The lowest BCUT2D eigenvalue weighted by Crippen LogP contribution is -2.24. The summed E-state index contributed by atoms with van der Waals surface area (Å²) in [6, 6.07) is 16.9. The molecule has 2 aromatic carbocycles. The molecule has 0 bridgehead atoms. The first-order chi connectivity index (χ1) is 13.3. The van der Waals surface area contributed by atoms with Crippen LogP contribution in [0.2, 0.25) is 0 Å². The highest BCUT2D eigenvalue weighted by molar-refractivity contribution is 5.83. The van der Waals surface area contributed by atoms with Crippen molar-refractivity contribution < 1.29 is 9.90 Å². The number of rotatable bonds is 4. The summed E-state index contributed by atoms with van der Waals surface area (Å²) in [5.74, 6) is 5.34. The maximum atomic E-state index is 11.8. The van der Waals surface area contributed by atoms with Crippen molar-refractivity contribution in [1.29, 1.82) is 0 Å². The summed E-state index contributed by atoms with van der Waals surface area (Å²) < 4.78 is 1.79. The van der Waals surface area contributed by atoms with E-state index in [0.717, 1.165) is 28.1 Å². The minimum atomic E-state index is -1.05. The van der Waals surface area contributed by atoms with E-state index in [4.69, 9.17) is 5.73 Å². The number of nitrogens with zero attached hydrogens (tertiary/aromatic N) is 2. The second-order valence-electron chi connectivity index (χ2n) is 7.18. The van der Waals surface area contributed by atoms with Crippen molar-refractivity contribution in [3.63, 3.8) is 0 Å². The number of aliphatic hydroxyl groups is 1. The number of benzene rings is 2. The highest BCUT2D eigenvalue weighted by Crippen LogP contribution is 2.33. The van der Waals surface area contributed by atoms with Gasteiger partial charge in [-0.1, -0.05) is 54.3 Å². The monoisotopic (exact) mass is 373 g/mol. The number of nitrogens with two attached hydrogens (primary N) is 1. The number of carbonyl (C=O) groups excluding carboxylic acids is 1. The second kappa shape index (κ2) is 7.71. The summed E-state index contributed by atoms with van der Waals surface area (Å²) in [6.07, 6.45) is 1.65. The Morgan fingerprint density at radius 1 is 1.11 bits per heavy atom. The van der Waals surface area contributed by atoms with Crippen LogP contribution in [0.5, 0.6) is 0 Å². The van der Waals surface area contributed by atoms with Gasteiger partial charge in [0.1, 0.15) is 11.6 Å². The van der Waals surface area contributed by atoms with Gasteiger partial charge in [-0.2, -0.15) is 0 Å². The van der Waals surface area contributed by atoms with E-state index in [1.165, 1.54) is 0 Å². The van der Waals surface area contributed by atoms with Crippen LogP contribution in [0.3, 0.4) is 0 Å². The lowest BCUT2D eigenvalue weighted by Gasteiger charge is -2.15. The Kier molecular flexibility index (Phi) is 5.34. The van der Waals surface area contributed by atoms with Crippen molar-refractivity contribution >= 4 is 5.91 Å². The summed E-state index contributed by atoms with van der Waals surface area (Å²) in [5.41, 5.74) is 8.74. The van der Waals surface area contributed by atoms with E-state index in [-0.39, 0.29) is 0 Å². The molecule has 0 aliphatic carbocycles. The van der Waals surface area contributed by atoms with Crippen molar-refractivity contribution in [2.75, 3.05) is 0 Å². The molecule has 0 aliphatic heterocycles. The van der Waals surface area contributed by atoms with E-state index in [1.807, 2.05) is 54.6 Å². The molecule has 0 radical (unpaired) electrons. The maximum absolute atomic E-state index is 11.8. The first-order valence-corrected chi connectivity index (χ1v) is 9.04. The van der Waals surface area contributed by atoms with Crippen LogP contribution in [-0.4, -0.2) is 26.2 Å². The zero-order valence-corrected chi connectivity index (χ0v) is 16.2. The van der Waals surface area contributed by atoms with Gasteiger partial charge in [0, 0.05) is 16.7 Å². The highest BCUT2D eigenvalue weighted by Gasteiger charge is 2.21. The van der Waals surface area contributed by atoms with Gasteiger partial charge in [0.25, 0.3) is 0 Å². The Morgan fingerprint density at radius 2 is 1.75 bits per heavy atom. The molecule has 1 aromatic heterocycles. The average molecular weight is 373 g/mol. The van der Waals surface area contributed by atoms with E-state index in [9.17, 15) is 9.90 Å². The Morgan fingerprint density at radius 3 is 2.32 bits per heavy atom. The summed E-state index contributed by atoms with van der Waals surface area (Å²) in [6.45, 7) is 5.04. The topological polar surface area (TPSA) is 81.1 Å². The number of carbonyl (C=O) groups is 1. The Bertz CT molecular complexity index is 1030. The molecule has 0 saturated carbocycles. The van der Waals surface area contributed by atoms with Crippen LogP contribution in [0.1, 0.15) is 32.4 Å². The van der Waals surface area contributed by atoms with E-state index >= 15 is 0 Å². The molecule has 1 atom stereocenters. The molecule has 0 saturated heterocycles. The molecule has 0 unspecified atom stereocenters. The molecule has 3 N–H and O–H groups in total. The Labute approximate surface area is 164 Å². The van der Waals surface area contributed by atoms with Gasteiger partial charge in [-0.15, -0.1) is 0 Å². The van der Waals surface area contributed by atoms with E-state index in [1.54, 1.807) is 31.7 Å². The molecule has 0 spiro atoms. The lowest BCUT2D eigenvalue weighted by molar-refractivity contribution is -0.120. The average Bonchev–Trinajstić information content (AvgIpc) is 3.11. The minimum Gasteiger partial charge on any atom is -0.378 e. The van der Waals surface area contributed by atoms with Crippen LogP contribution in [0.4, 0.5) is 0 Å². The number of amides is 1. The number of imidazole rings is 1. The molecule has 3 aromatic rings. The van der Waals surface area contributed by atoms with Crippen molar-refractivity contribution in [1.82, 2.24) is 9.55 Å². The van der Waals surface area contributed by atoms with E-state index in [0.29, 0.717) is 0 Å². The van der Waals surface area contributed by atoms with Crippen molar-refractivity contribution in [3.05, 3.63) is 66.5 Å². The van der Waals surface area contributed by atoms with Gasteiger partial charge >= 0.3 is 0 Å². The predicted molar refractivity (Wildman–Crippen MR) is 110 cm³/mol. The van der Waals surface area contributed by atoms with Crippen molar-refractivity contribution in [2.45, 2.75) is 32.4 Å². The van der Waals surface area contributed by atoms with Crippen LogP contribution in [0.15, 0.2) is 60.9 Å². The fourth-order valence-electron chi connectivity index (χ4n) is 2.82.